The summed E-state index contributed by atoms with van der Waals surface area (Å²) in [5.41, 5.74) is 1.54. The van der Waals surface area contributed by atoms with Gasteiger partial charge in [0.2, 0.25) is 0 Å². The number of aryl methyl sites for hydroxylation is 1. The van der Waals surface area contributed by atoms with Crippen molar-refractivity contribution in [2.75, 3.05) is 5.32 Å². The SMILES string of the molecule is CCc1ccccc1NC(C#N)=C(C#N)C#N. The molecule has 0 amide bonds. The highest BCUT2D eigenvalue weighted by molar-refractivity contribution is 5.61. The van der Waals surface area contributed by atoms with Crippen molar-refractivity contribution < 1.29 is 0 Å². The highest BCUT2D eigenvalue weighted by atomic mass is 14.9. The van der Waals surface area contributed by atoms with Crippen LogP contribution in [0.4, 0.5) is 5.69 Å². The van der Waals surface area contributed by atoms with Crippen molar-refractivity contribution in [2.45, 2.75) is 13.3 Å². The Morgan fingerprint density at radius 3 is 2.29 bits per heavy atom. The molecule has 17 heavy (non-hydrogen) atoms. The molecule has 0 fully saturated rings. The standard InChI is InChI=1S/C13H10N4/c1-2-10-5-3-4-6-12(10)17-13(9-16)11(7-14)8-15/h3-6,17H,2H2,1H3. The van der Waals surface area contributed by atoms with Gasteiger partial charge in [0.1, 0.15) is 23.9 Å². The molecule has 4 heteroatoms. The fourth-order valence-electron chi connectivity index (χ4n) is 1.37. The minimum atomic E-state index is -0.210. The van der Waals surface area contributed by atoms with E-state index in [1.165, 1.54) is 0 Å². The molecule has 0 heterocycles. The molecule has 0 atom stereocenters. The number of nitrogens with one attached hydrogen (secondary N) is 1. The van der Waals surface area contributed by atoms with E-state index in [1.807, 2.05) is 37.3 Å². The van der Waals surface area contributed by atoms with Gasteiger partial charge < -0.3 is 5.32 Å². The lowest BCUT2D eigenvalue weighted by Gasteiger charge is -2.09. The van der Waals surface area contributed by atoms with Gasteiger partial charge in [0.15, 0.2) is 5.57 Å². The monoisotopic (exact) mass is 222 g/mol. The minimum Gasteiger partial charge on any atom is -0.345 e. The number of allylic oxidation sites excluding steroid dienone is 2. The van der Waals surface area contributed by atoms with Crippen LogP contribution in [0, 0.1) is 34.0 Å². The maximum atomic E-state index is 8.91. The molecule has 0 bridgehead atoms. The van der Waals surface area contributed by atoms with Gasteiger partial charge in [0.25, 0.3) is 0 Å². The van der Waals surface area contributed by atoms with Crippen LogP contribution < -0.4 is 5.32 Å². The van der Waals surface area contributed by atoms with Crippen LogP contribution >= 0.6 is 0 Å². The van der Waals surface area contributed by atoms with E-state index in [-0.39, 0.29) is 11.3 Å². The fraction of sp³-hybridized carbons (Fsp3) is 0.154. The molecular weight excluding hydrogens is 212 g/mol. The third kappa shape index (κ3) is 2.84. The van der Waals surface area contributed by atoms with Gasteiger partial charge in [0.05, 0.1) is 0 Å². The van der Waals surface area contributed by atoms with Crippen molar-refractivity contribution >= 4 is 5.69 Å². The molecule has 82 valence electrons. The largest absolute Gasteiger partial charge is 0.345 e. The third-order valence-electron chi connectivity index (χ3n) is 2.24. The number of rotatable bonds is 3. The highest BCUT2D eigenvalue weighted by Crippen LogP contribution is 2.18. The first-order valence-corrected chi connectivity index (χ1v) is 5.06. The van der Waals surface area contributed by atoms with Crippen molar-refractivity contribution in [3.63, 3.8) is 0 Å². The molecular formula is C13H10N4. The third-order valence-corrected chi connectivity index (χ3v) is 2.24. The van der Waals surface area contributed by atoms with E-state index < -0.39 is 0 Å². The second-order valence-electron chi connectivity index (χ2n) is 3.22. The second-order valence-corrected chi connectivity index (χ2v) is 3.22. The summed E-state index contributed by atoms with van der Waals surface area (Å²) in [4.78, 5) is 0. The van der Waals surface area contributed by atoms with Crippen LogP contribution in [0.3, 0.4) is 0 Å². The maximum absolute atomic E-state index is 8.91. The van der Waals surface area contributed by atoms with Gasteiger partial charge in [-0.25, -0.2) is 0 Å². The smallest absolute Gasteiger partial charge is 0.163 e. The van der Waals surface area contributed by atoms with Crippen LogP contribution in [-0.4, -0.2) is 0 Å². The first kappa shape index (κ1) is 12.3. The van der Waals surface area contributed by atoms with Crippen molar-refractivity contribution in [3.05, 3.63) is 41.1 Å². The zero-order valence-corrected chi connectivity index (χ0v) is 9.36. The van der Waals surface area contributed by atoms with Gasteiger partial charge in [0, 0.05) is 5.69 Å². The molecule has 0 saturated carbocycles. The number of anilines is 1. The number of nitrogens with zero attached hydrogens (tertiary/aromatic N) is 3. The van der Waals surface area contributed by atoms with Gasteiger partial charge >= 0.3 is 0 Å². The number of benzene rings is 1. The molecule has 0 aromatic heterocycles. The molecule has 0 radical (unpaired) electrons. The predicted octanol–water partition coefficient (Wildman–Crippen LogP) is 2.49. The Balaban J connectivity index is 3.15. The normalized spacial score (nSPS) is 8.35. The van der Waals surface area contributed by atoms with Crippen LogP contribution in [0.15, 0.2) is 35.5 Å². The Bertz CT molecular complexity index is 548. The van der Waals surface area contributed by atoms with Crippen LogP contribution in [0.5, 0.6) is 0 Å². The molecule has 4 nitrogen and oxygen atoms in total. The van der Waals surface area contributed by atoms with Crippen molar-refractivity contribution in [1.29, 1.82) is 15.8 Å². The summed E-state index contributed by atoms with van der Waals surface area (Å²) in [6.07, 6.45) is 0.802. The summed E-state index contributed by atoms with van der Waals surface area (Å²) < 4.78 is 0. The van der Waals surface area contributed by atoms with E-state index in [1.54, 1.807) is 12.1 Å². The average Bonchev–Trinajstić information content (AvgIpc) is 2.39. The molecule has 1 aromatic carbocycles. The quantitative estimate of drug-likeness (QED) is 0.796. The second kappa shape index (κ2) is 5.95. The van der Waals surface area contributed by atoms with E-state index in [0.717, 1.165) is 17.7 Å². The van der Waals surface area contributed by atoms with Crippen LogP contribution in [0.25, 0.3) is 0 Å². The number of nitriles is 3. The van der Waals surface area contributed by atoms with Crippen LogP contribution in [0.2, 0.25) is 0 Å². The Labute approximate surface area is 100 Å². The maximum Gasteiger partial charge on any atom is 0.163 e. The lowest BCUT2D eigenvalue weighted by molar-refractivity contribution is 1.14. The minimum absolute atomic E-state index is 0.0177. The van der Waals surface area contributed by atoms with Crippen molar-refractivity contribution in [3.8, 4) is 18.2 Å². The summed E-state index contributed by atoms with van der Waals surface area (Å²) in [5.74, 6) is 0. The van der Waals surface area contributed by atoms with Gasteiger partial charge in [-0.05, 0) is 18.1 Å². The number of para-hydroxylation sites is 1. The molecule has 0 spiro atoms. The number of hydrogen-bond donors (Lipinski definition) is 1. The van der Waals surface area contributed by atoms with E-state index in [9.17, 15) is 0 Å². The number of hydrogen-bond acceptors (Lipinski definition) is 4. The Morgan fingerprint density at radius 2 is 1.76 bits per heavy atom. The lowest BCUT2D eigenvalue weighted by atomic mass is 10.1. The molecule has 0 aliphatic rings. The summed E-state index contributed by atoms with van der Waals surface area (Å²) in [6, 6.07) is 12.7. The fourth-order valence-corrected chi connectivity index (χ4v) is 1.37. The zero-order valence-electron chi connectivity index (χ0n) is 9.36. The topological polar surface area (TPSA) is 83.4 Å². The van der Waals surface area contributed by atoms with E-state index in [4.69, 9.17) is 15.8 Å². The van der Waals surface area contributed by atoms with Crippen LogP contribution in [0.1, 0.15) is 12.5 Å². The zero-order chi connectivity index (χ0) is 12.7. The average molecular weight is 222 g/mol. The van der Waals surface area contributed by atoms with Crippen molar-refractivity contribution in [2.24, 2.45) is 0 Å². The molecule has 1 rings (SSSR count). The van der Waals surface area contributed by atoms with Gasteiger partial charge in [-0.2, -0.15) is 15.8 Å². The Morgan fingerprint density at radius 1 is 1.12 bits per heavy atom. The van der Waals surface area contributed by atoms with Gasteiger partial charge in [-0.1, -0.05) is 25.1 Å². The molecule has 0 aliphatic heterocycles. The summed E-state index contributed by atoms with van der Waals surface area (Å²) in [5, 5.41) is 29.2. The van der Waals surface area contributed by atoms with E-state index in [0.29, 0.717) is 0 Å². The van der Waals surface area contributed by atoms with Gasteiger partial charge in [-0.3, -0.25) is 0 Å². The van der Waals surface area contributed by atoms with E-state index >= 15 is 0 Å². The summed E-state index contributed by atoms with van der Waals surface area (Å²) in [7, 11) is 0. The Kier molecular flexibility index (Phi) is 4.31. The summed E-state index contributed by atoms with van der Waals surface area (Å²) >= 11 is 0. The van der Waals surface area contributed by atoms with E-state index in [2.05, 4.69) is 5.32 Å². The molecule has 1 aromatic rings. The molecule has 0 aliphatic carbocycles. The van der Waals surface area contributed by atoms with Crippen molar-refractivity contribution in [1.82, 2.24) is 0 Å². The predicted molar refractivity (Wildman–Crippen MR) is 63.3 cm³/mol. The molecule has 0 saturated heterocycles. The van der Waals surface area contributed by atoms with Crippen LogP contribution in [-0.2, 0) is 6.42 Å². The molecule has 0 unspecified atom stereocenters. The molecule has 1 N–H and O–H groups in total. The Hall–Kier alpha value is -2.77. The van der Waals surface area contributed by atoms with Gasteiger partial charge in [-0.15, -0.1) is 0 Å². The summed E-state index contributed by atoms with van der Waals surface area (Å²) in [6.45, 7) is 1.99. The lowest BCUT2D eigenvalue weighted by Crippen LogP contribution is -2.02. The highest BCUT2D eigenvalue weighted by Gasteiger charge is 2.07. The first-order chi connectivity index (χ1) is 8.26. The first-order valence-electron chi connectivity index (χ1n) is 5.06.